The number of aromatic amines is 1. The van der Waals surface area contributed by atoms with Gasteiger partial charge in [0.25, 0.3) is 0 Å². The molecule has 0 amide bonds. The highest BCUT2D eigenvalue weighted by Crippen LogP contribution is 2.18. The molecule has 0 saturated carbocycles. The molecule has 0 fully saturated rings. The van der Waals surface area contributed by atoms with Crippen LogP contribution in [-0.4, -0.2) is 34.5 Å². The standard InChI is InChI=1S/C13H15N7OS/c1-19-12(21)16-11(18-19)8-22-13-17-15-9-20(13)7-5-10-4-2-3-6-14-10/h2-4,6,9H,5,7-8H2,1H3,(H,16,18,21). The van der Waals surface area contributed by atoms with Crippen molar-refractivity contribution in [1.82, 2.24) is 34.5 Å². The maximum Gasteiger partial charge on any atom is 0.343 e. The third kappa shape index (κ3) is 3.42. The van der Waals surface area contributed by atoms with E-state index in [4.69, 9.17) is 0 Å². The van der Waals surface area contributed by atoms with Crippen LogP contribution in [0.5, 0.6) is 0 Å². The molecule has 0 aliphatic heterocycles. The van der Waals surface area contributed by atoms with Crippen LogP contribution in [0.15, 0.2) is 40.7 Å². The van der Waals surface area contributed by atoms with Gasteiger partial charge in [-0.2, -0.15) is 5.10 Å². The summed E-state index contributed by atoms with van der Waals surface area (Å²) in [6.07, 6.45) is 4.30. The number of pyridine rings is 1. The lowest BCUT2D eigenvalue weighted by Gasteiger charge is -2.05. The van der Waals surface area contributed by atoms with Crippen molar-refractivity contribution in [3.8, 4) is 0 Å². The Morgan fingerprint density at radius 1 is 1.36 bits per heavy atom. The molecule has 0 atom stereocenters. The van der Waals surface area contributed by atoms with Crippen LogP contribution in [0.25, 0.3) is 0 Å². The molecule has 114 valence electrons. The summed E-state index contributed by atoms with van der Waals surface area (Å²) >= 11 is 1.49. The third-order valence-corrected chi connectivity index (χ3v) is 4.06. The second-order valence-corrected chi connectivity index (χ2v) is 5.61. The van der Waals surface area contributed by atoms with Gasteiger partial charge in [0.1, 0.15) is 12.2 Å². The normalized spacial score (nSPS) is 11.0. The Hall–Kier alpha value is -2.42. The molecule has 0 radical (unpaired) electrons. The monoisotopic (exact) mass is 317 g/mol. The zero-order valence-corrected chi connectivity index (χ0v) is 12.8. The summed E-state index contributed by atoms with van der Waals surface area (Å²) in [7, 11) is 1.61. The molecule has 3 aromatic rings. The van der Waals surface area contributed by atoms with E-state index in [1.165, 1.54) is 16.4 Å². The molecule has 3 heterocycles. The van der Waals surface area contributed by atoms with E-state index in [1.807, 2.05) is 22.8 Å². The van der Waals surface area contributed by atoms with E-state index >= 15 is 0 Å². The Morgan fingerprint density at radius 2 is 2.27 bits per heavy atom. The smallest absolute Gasteiger partial charge is 0.308 e. The SMILES string of the molecule is Cn1nc(CSc2nncn2CCc2ccccn2)[nH]c1=O. The lowest BCUT2D eigenvalue weighted by molar-refractivity contribution is 0.626. The van der Waals surface area contributed by atoms with Crippen molar-refractivity contribution in [3.63, 3.8) is 0 Å². The van der Waals surface area contributed by atoms with Gasteiger partial charge in [0, 0.05) is 31.9 Å². The molecule has 0 aliphatic rings. The first kappa shape index (κ1) is 14.5. The number of aryl methyl sites for hydroxylation is 3. The number of hydrogen-bond donors (Lipinski definition) is 1. The van der Waals surface area contributed by atoms with Crippen molar-refractivity contribution >= 4 is 11.8 Å². The summed E-state index contributed by atoms with van der Waals surface area (Å²) in [4.78, 5) is 18.3. The quantitative estimate of drug-likeness (QED) is 0.670. The topological polar surface area (TPSA) is 94.3 Å². The summed E-state index contributed by atoms with van der Waals surface area (Å²) in [5.74, 6) is 1.16. The summed E-state index contributed by atoms with van der Waals surface area (Å²) in [5, 5.41) is 12.9. The number of rotatable bonds is 6. The summed E-state index contributed by atoms with van der Waals surface area (Å²) in [6, 6.07) is 5.87. The van der Waals surface area contributed by atoms with Crippen molar-refractivity contribution in [2.75, 3.05) is 0 Å². The maximum absolute atomic E-state index is 11.3. The number of aromatic nitrogens is 7. The Morgan fingerprint density at radius 3 is 3.00 bits per heavy atom. The van der Waals surface area contributed by atoms with Crippen molar-refractivity contribution in [1.29, 1.82) is 0 Å². The first-order valence-corrected chi connectivity index (χ1v) is 7.73. The van der Waals surface area contributed by atoms with Crippen molar-refractivity contribution in [2.24, 2.45) is 7.05 Å². The molecule has 0 aliphatic carbocycles. The Balaban J connectivity index is 1.61. The van der Waals surface area contributed by atoms with Gasteiger partial charge in [0.15, 0.2) is 5.16 Å². The minimum absolute atomic E-state index is 0.216. The van der Waals surface area contributed by atoms with Gasteiger partial charge in [-0.1, -0.05) is 17.8 Å². The van der Waals surface area contributed by atoms with Gasteiger partial charge >= 0.3 is 5.69 Å². The van der Waals surface area contributed by atoms with Gasteiger partial charge < -0.3 is 4.57 Å². The molecule has 22 heavy (non-hydrogen) atoms. The van der Waals surface area contributed by atoms with Crippen LogP contribution >= 0.6 is 11.8 Å². The molecule has 0 bridgehead atoms. The molecule has 3 rings (SSSR count). The predicted molar refractivity (Wildman–Crippen MR) is 81.4 cm³/mol. The number of H-pyrrole nitrogens is 1. The lowest BCUT2D eigenvalue weighted by Crippen LogP contribution is -2.13. The summed E-state index contributed by atoms with van der Waals surface area (Å²) in [5.41, 5.74) is 0.813. The second kappa shape index (κ2) is 6.56. The van der Waals surface area contributed by atoms with Gasteiger partial charge in [-0.3, -0.25) is 9.97 Å². The average Bonchev–Trinajstić information content (AvgIpc) is 3.11. The van der Waals surface area contributed by atoms with E-state index in [9.17, 15) is 4.79 Å². The highest BCUT2D eigenvalue weighted by Gasteiger charge is 2.08. The fourth-order valence-electron chi connectivity index (χ4n) is 1.94. The Kier molecular flexibility index (Phi) is 4.33. The molecular weight excluding hydrogens is 302 g/mol. The van der Waals surface area contributed by atoms with Crippen LogP contribution in [0.2, 0.25) is 0 Å². The highest BCUT2D eigenvalue weighted by molar-refractivity contribution is 7.98. The minimum atomic E-state index is -0.216. The molecule has 1 N–H and O–H groups in total. The zero-order valence-electron chi connectivity index (χ0n) is 12.0. The van der Waals surface area contributed by atoms with E-state index < -0.39 is 0 Å². The molecule has 0 spiro atoms. The molecule has 0 unspecified atom stereocenters. The zero-order chi connectivity index (χ0) is 15.4. The van der Waals surface area contributed by atoms with Crippen molar-refractivity contribution in [2.45, 2.75) is 23.9 Å². The summed E-state index contributed by atoms with van der Waals surface area (Å²) < 4.78 is 3.25. The fraction of sp³-hybridized carbons (Fsp3) is 0.308. The lowest BCUT2D eigenvalue weighted by atomic mass is 10.3. The first-order chi connectivity index (χ1) is 10.7. The van der Waals surface area contributed by atoms with E-state index in [0.29, 0.717) is 11.6 Å². The average molecular weight is 317 g/mol. The van der Waals surface area contributed by atoms with Crippen LogP contribution in [0.4, 0.5) is 0 Å². The van der Waals surface area contributed by atoms with Gasteiger partial charge in [-0.25, -0.2) is 9.48 Å². The number of hydrogen-bond acceptors (Lipinski definition) is 6. The van der Waals surface area contributed by atoms with E-state index in [1.54, 1.807) is 19.6 Å². The van der Waals surface area contributed by atoms with Crippen LogP contribution in [0.1, 0.15) is 11.5 Å². The summed E-state index contributed by atoms with van der Waals surface area (Å²) in [6.45, 7) is 0.755. The van der Waals surface area contributed by atoms with Crippen LogP contribution < -0.4 is 5.69 Å². The third-order valence-electron chi connectivity index (χ3n) is 3.07. The van der Waals surface area contributed by atoms with Gasteiger partial charge in [0.05, 0.1) is 5.75 Å². The van der Waals surface area contributed by atoms with E-state index in [0.717, 1.165) is 23.8 Å². The van der Waals surface area contributed by atoms with Gasteiger partial charge in [-0.05, 0) is 12.1 Å². The fourth-order valence-corrected chi connectivity index (χ4v) is 2.75. The van der Waals surface area contributed by atoms with E-state index in [2.05, 4.69) is 25.3 Å². The largest absolute Gasteiger partial charge is 0.343 e. The first-order valence-electron chi connectivity index (χ1n) is 6.75. The van der Waals surface area contributed by atoms with Crippen LogP contribution in [-0.2, 0) is 25.8 Å². The van der Waals surface area contributed by atoms with Crippen molar-refractivity contribution < 1.29 is 0 Å². The van der Waals surface area contributed by atoms with Crippen LogP contribution in [0.3, 0.4) is 0 Å². The minimum Gasteiger partial charge on any atom is -0.308 e. The Bertz CT molecular complexity index is 792. The van der Waals surface area contributed by atoms with E-state index in [-0.39, 0.29) is 5.69 Å². The molecule has 3 aromatic heterocycles. The van der Waals surface area contributed by atoms with Crippen molar-refractivity contribution in [3.05, 3.63) is 52.7 Å². The predicted octanol–water partition coefficient (Wildman–Crippen LogP) is 0.630. The van der Waals surface area contributed by atoms with Crippen LogP contribution in [0, 0.1) is 0 Å². The molecular formula is C13H15N7OS. The van der Waals surface area contributed by atoms with Gasteiger partial charge in [0.2, 0.25) is 0 Å². The molecule has 0 saturated heterocycles. The molecule has 9 heteroatoms. The number of nitrogens with one attached hydrogen (secondary N) is 1. The maximum atomic E-state index is 11.3. The highest BCUT2D eigenvalue weighted by atomic mass is 32.2. The molecule has 8 nitrogen and oxygen atoms in total. The Labute approximate surface area is 130 Å². The molecule has 0 aromatic carbocycles. The number of nitrogens with zero attached hydrogens (tertiary/aromatic N) is 6. The van der Waals surface area contributed by atoms with Gasteiger partial charge in [-0.15, -0.1) is 10.2 Å². The number of thioether (sulfide) groups is 1. The second-order valence-electron chi connectivity index (χ2n) is 4.67.